The van der Waals surface area contributed by atoms with Gasteiger partial charge in [-0.1, -0.05) is 12.1 Å². The monoisotopic (exact) mass is 246 g/mol. The van der Waals surface area contributed by atoms with Crippen LogP contribution in [-0.2, 0) is 0 Å². The van der Waals surface area contributed by atoms with Crippen LogP contribution >= 0.6 is 11.3 Å². The van der Waals surface area contributed by atoms with Crippen LogP contribution in [0.5, 0.6) is 0 Å². The Morgan fingerprint density at radius 1 is 1.35 bits per heavy atom. The van der Waals surface area contributed by atoms with Gasteiger partial charge in [0.05, 0.1) is 16.0 Å². The highest BCUT2D eigenvalue weighted by Gasteiger charge is 2.15. The summed E-state index contributed by atoms with van der Waals surface area (Å²) < 4.78 is 0. The number of nitro groups is 1. The summed E-state index contributed by atoms with van der Waals surface area (Å²) in [5.41, 5.74) is 1.71. The van der Waals surface area contributed by atoms with E-state index < -0.39 is 4.92 Å². The summed E-state index contributed by atoms with van der Waals surface area (Å²) in [6, 6.07) is 7.55. The summed E-state index contributed by atoms with van der Waals surface area (Å²) in [6.45, 7) is 0. The molecule has 1 aromatic carbocycles. The molecule has 1 N–H and O–H groups in total. The van der Waals surface area contributed by atoms with Gasteiger partial charge in [0.1, 0.15) is 6.20 Å². The topological polar surface area (TPSA) is 84.7 Å². The summed E-state index contributed by atoms with van der Waals surface area (Å²) in [5, 5.41) is 11.1. The van der Waals surface area contributed by atoms with Crippen LogP contribution in [-0.4, -0.2) is 19.9 Å². The second kappa shape index (κ2) is 3.63. The quantitative estimate of drug-likeness (QED) is 0.556. The fourth-order valence-corrected chi connectivity index (χ4v) is 2.19. The Hall–Kier alpha value is -2.28. The van der Waals surface area contributed by atoms with Crippen molar-refractivity contribution in [3.63, 3.8) is 0 Å². The lowest BCUT2D eigenvalue weighted by molar-refractivity contribution is -0.380. The summed E-state index contributed by atoms with van der Waals surface area (Å²) >= 11 is 1.01. The zero-order valence-electron chi connectivity index (χ0n) is 8.45. The van der Waals surface area contributed by atoms with E-state index in [0.29, 0.717) is 10.8 Å². The molecule has 0 fully saturated rings. The van der Waals surface area contributed by atoms with Gasteiger partial charge in [-0.05, 0) is 23.5 Å². The number of benzene rings is 1. The second-order valence-corrected chi connectivity index (χ2v) is 4.37. The van der Waals surface area contributed by atoms with E-state index in [1.54, 1.807) is 0 Å². The molecule has 0 amide bonds. The van der Waals surface area contributed by atoms with E-state index in [1.807, 2.05) is 24.3 Å². The first-order chi connectivity index (χ1) is 8.24. The maximum atomic E-state index is 10.6. The Bertz CT molecular complexity index is 670. The minimum absolute atomic E-state index is 0.0143. The number of H-pyrrole nitrogens is 1. The number of hydrogen-bond donors (Lipinski definition) is 1. The minimum atomic E-state index is -0.455. The van der Waals surface area contributed by atoms with Crippen LogP contribution in [0.3, 0.4) is 0 Å². The fourth-order valence-electron chi connectivity index (χ4n) is 1.51. The number of para-hydroxylation sites is 2. The number of nitrogens with zero attached hydrogens (tertiary/aromatic N) is 3. The highest BCUT2D eigenvalue weighted by molar-refractivity contribution is 7.18. The molecule has 0 radical (unpaired) electrons. The molecule has 6 nitrogen and oxygen atoms in total. The summed E-state index contributed by atoms with van der Waals surface area (Å²) in [7, 11) is 0. The van der Waals surface area contributed by atoms with Gasteiger partial charge in [-0.25, -0.2) is 9.97 Å². The number of thiazole rings is 1. The molecule has 0 aliphatic carbocycles. The number of aromatic amines is 1. The first-order valence-corrected chi connectivity index (χ1v) is 5.61. The molecule has 3 aromatic rings. The van der Waals surface area contributed by atoms with Crippen molar-refractivity contribution in [3.8, 4) is 10.8 Å². The number of hydrogen-bond acceptors (Lipinski definition) is 5. The van der Waals surface area contributed by atoms with Crippen LogP contribution in [0.4, 0.5) is 5.00 Å². The lowest BCUT2D eigenvalue weighted by atomic mass is 10.3. The first-order valence-electron chi connectivity index (χ1n) is 4.79. The number of rotatable bonds is 2. The van der Waals surface area contributed by atoms with Crippen LogP contribution in [0.15, 0.2) is 30.5 Å². The van der Waals surface area contributed by atoms with Crippen LogP contribution in [0, 0.1) is 10.1 Å². The van der Waals surface area contributed by atoms with Gasteiger partial charge in [-0.3, -0.25) is 10.1 Å². The van der Waals surface area contributed by atoms with Crippen molar-refractivity contribution in [2.75, 3.05) is 0 Å². The normalized spacial score (nSPS) is 10.8. The van der Waals surface area contributed by atoms with Gasteiger partial charge in [0.25, 0.3) is 0 Å². The average molecular weight is 246 g/mol. The molecule has 2 heterocycles. The number of fused-ring (bicyclic) bond motifs is 1. The predicted octanol–water partition coefficient (Wildman–Crippen LogP) is 2.59. The van der Waals surface area contributed by atoms with Crippen LogP contribution in [0.2, 0.25) is 0 Å². The Balaban J connectivity index is 2.10. The van der Waals surface area contributed by atoms with Crippen LogP contribution in [0.1, 0.15) is 0 Å². The van der Waals surface area contributed by atoms with Gasteiger partial charge in [-0.2, -0.15) is 0 Å². The van der Waals surface area contributed by atoms with Crippen molar-refractivity contribution in [1.82, 2.24) is 15.0 Å². The van der Waals surface area contributed by atoms with Gasteiger partial charge >= 0.3 is 5.00 Å². The lowest BCUT2D eigenvalue weighted by Gasteiger charge is -1.84. The minimum Gasteiger partial charge on any atom is -0.336 e. The summed E-state index contributed by atoms with van der Waals surface area (Å²) in [5.74, 6) is 0.560. The molecule has 7 heteroatoms. The van der Waals surface area contributed by atoms with Gasteiger partial charge in [0, 0.05) is 0 Å². The Labute approximate surface area is 99.1 Å². The standard InChI is InChI=1S/C10H6N4O2S/c15-14(16)8-5-11-10(17-8)9-12-6-3-1-2-4-7(6)13-9/h1-5H,(H,12,13). The van der Waals surface area contributed by atoms with E-state index in [4.69, 9.17) is 0 Å². The van der Waals surface area contributed by atoms with Crippen molar-refractivity contribution in [3.05, 3.63) is 40.6 Å². The smallest absolute Gasteiger partial charge is 0.336 e. The van der Waals surface area contributed by atoms with E-state index >= 15 is 0 Å². The van der Waals surface area contributed by atoms with Gasteiger partial charge in [0.15, 0.2) is 10.8 Å². The molecule has 0 unspecified atom stereocenters. The van der Waals surface area contributed by atoms with E-state index in [2.05, 4.69) is 15.0 Å². The molecule has 0 atom stereocenters. The highest BCUT2D eigenvalue weighted by Crippen LogP contribution is 2.29. The zero-order valence-corrected chi connectivity index (χ0v) is 9.27. The van der Waals surface area contributed by atoms with E-state index in [9.17, 15) is 10.1 Å². The van der Waals surface area contributed by atoms with Gasteiger partial charge < -0.3 is 4.98 Å². The van der Waals surface area contributed by atoms with E-state index in [1.165, 1.54) is 6.20 Å². The molecule has 0 bridgehead atoms. The third-order valence-electron chi connectivity index (χ3n) is 2.27. The first kappa shape index (κ1) is 9.91. The lowest BCUT2D eigenvalue weighted by Crippen LogP contribution is -1.80. The maximum absolute atomic E-state index is 10.6. The SMILES string of the molecule is O=[N+]([O-])c1cnc(-c2nc3ccccc3[nH]2)s1. The van der Waals surface area contributed by atoms with Gasteiger partial charge in [-0.15, -0.1) is 0 Å². The Kier molecular flexibility index (Phi) is 2.12. The number of nitrogens with one attached hydrogen (secondary N) is 1. The second-order valence-electron chi connectivity index (χ2n) is 3.36. The maximum Gasteiger partial charge on any atom is 0.344 e. The molecule has 84 valence electrons. The molecule has 2 aromatic heterocycles. The third-order valence-corrected chi connectivity index (χ3v) is 3.22. The van der Waals surface area contributed by atoms with Crippen molar-refractivity contribution in [1.29, 1.82) is 0 Å². The number of imidazole rings is 1. The molecule has 0 spiro atoms. The number of aromatic nitrogens is 3. The molecule has 0 saturated heterocycles. The predicted molar refractivity (Wildman–Crippen MR) is 63.9 cm³/mol. The van der Waals surface area contributed by atoms with Crippen molar-refractivity contribution in [2.45, 2.75) is 0 Å². The highest BCUT2D eigenvalue weighted by atomic mass is 32.1. The largest absolute Gasteiger partial charge is 0.344 e. The van der Waals surface area contributed by atoms with Crippen molar-refractivity contribution >= 4 is 27.4 Å². The molecule has 3 rings (SSSR count). The van der Waals surface area contributed by atoms with Gasteiger partial charge in [0.2, 0.25) is 0 Å². The molecule has 0 aliphatic rings. The summed E-state index contributed by atoms with van der Waals surface area (Å²) in [4.78, 5) is 21.5. The van der Waals surface area contributed by atoms with Crippen molar-refractivity contribution in [2.24, 2.45) is 0 Å². The van der Waals surface area contributed by atoms with E-state index in [0.717, 1.165) is 22.4 Å². The molecule has 0 saturated carbocycles. The third kappa shape index (κ3) is 1.66. The van der Waals surface area contributed by atoms with Crippen molar-refractivity contribution < 1.29 is 4.92 Å². The van der Waals surface area contributed by atoms with Crippen LogP contribution in [0.25, 0.3) is 21.9 Å². The molecule has 17 heavy (non-hydrogen) atoms. The molecule has 0 aliphatic heterocycles. The summed E-state index contributed by atoms with van der Waals surface area (Å²) in [6.07, 6.45) is 1.24. The zero-order chi connectivity index (χ0) is 11.8. The van der Waals surface area contributed by atoms with Crippen LogP contribution < -0.4 is 0 Å². The molecular formula is C10H6N4O2S. The Morgan fingerprint density at radius 2 is 2.18 bits per heavy atom. The average Bonchev–Trinajstić information content (AvgIpc) is 2.95. The fraction of sp³-hybridized carbons (Fsp3) is 0. The van der Waals surface area contributed by atoms with E-state index in [-0.39, 0.29) is 5.00 Å². The molecular weight excluding hydrogens is 240 g/mol. The Morgan fingerprint density at radius 3 is 2.88 bits per heavy atom.